The molecule has 3 N–H and O–H groups in total. The van der Waals surface area contributed by atoms with Crippen LogP contribution in [-0.4, -0.2) is 38.7 Å². The molecule has 1 saturated carbocycles. The Morgan fingerprint density at radius 1 is 0.895 bits per heavy atom. The van der Waals surface area contributed by atoms with Crippen molar-refractivity contribution in [3.8, 4) is 0 Å². The predicted octanol–water partition coefficient (Wildman–Crippen LogP) is 5.95. The van der Waals surface area contributed by atoms with E-state index >= 15 is 0 Å². The minimum atomic E-state index is -0.0471. The number of ketones is 1. The van der Waals surface area contributed by atoms with E-state index in [9.17, 15) is 9.59 Å². The van der Waals surface area contributed by atoms with Gasteiger partial charge in [0.2, 0.25) is 0 Å². The van der Waals surface area contributed by atoms with Crippen molar-refractivity contribution in [1.29, 1.82) is 0 Å². The number of anilines is 1. The summed E-state index contributed by atoms with van der Waals surface area (Å²) >= 11 is 0. The summed E-state index contributed by atoms with van der Waals surface area (Å²) in [6, 6.07) is 15.8. The van der Waals surface area contributed by atoms with E-state index in [1.165, 1.54) is 11.9 Å². The molecule has 0 unspecified atom stereocenters. The van der Waals surface area contributed by atoms with Crippen LogP contribution in [0.15, 0.2) is 61.1 Å². The van der Waals surface area contributed by atoms with Gasteiger partial charge in [0.15, 0.2) is 5.78 Å². The van der Waals surface area contributed by atoms with Crippen LogP contribution in [0.4, 0.5) is 5.82 Å². The fourth-order valence-electron chi connectivity index (χ4n) is 5.19. The number of nitrogens with zero attached hydrogens (tertiary/aromatic N) is 2. The number of benzene rings is 2. The summed E-state index contributed by atoms with van der Waals surface area (Å²) in [7, 11) is 0. The fraction of sp³-hybridized carbons (Fsp3) is 0.355. The van der Waals surface area contributed by atoms with Gasteiger partial charge in [-0.3, -0.25) is 9.59 Å². The third-order valence-electron chi connectivity index (χ3n) is 7.52. The van der Waals surface area contributed by atoms with Gasteiger partial charge >= 0.3 is 0 Å². The normalized spacial score (nSPS) is 17.8. The van der Waals surface area contributed by atoms with Crippen LogP contribution in [0.25, 0.3) is 11.0 Å². The van der Waals surface area contributed by atoms with Gasteiger partial charge < -0.3 is 15.6 Å². The lowest BCUT2D eigenvalue weighted by molar-refractivity contribution is 0.0926. The van der Waals surface area contributed by atoms with E-state index in [4.69, 9.17) is 0 Å². The van der Waals surface area contributed by atoms with Crippen molar-refractivity contribution in [3.63, 3.8) is 0 Å². The molecule has 2 aromatic carbocycles. The Morgan fingerprint density at radius 3 is 2.26 bits per heavy atom. The topological polar surface area (TPSA) is 99.8 Å². The number of hydrogen-bond donors (Lipinski definition) is 3. The molecule has 2 heterocycles. The second-order valence-electron chi connectivity index (χ2n) is 11.3. The standard InChI is InChI=1S/C31H35N5O2/c1-19-7-5-6-8-24(19)27(37)25-17-32-28-26(25)29(34-18-33-28)35-22-13-15-23(16-14-22)36-30(38)20-9-11-21(12-10-20)31(2,3)4/h5-12,17-18,22-23H,13-16H2,1-4H3,(H,36,38)(H2,32,33,34,35)/t22-,23+. The highest BCUT2D eigenvalue weighted by molar-refractivity contribution is 6.18. The molecule has 0 saturated heterocycles. The Balaban J connectivity index is 1.24. The molecule has 4 aromatic rings. The fourth-order valence-corrected chi connectivity index (χ4v) is 5.19. The highest BCUT2D eigenvalue weighted by Crippen LogP contribution is 2.29. The van der Waals surface area contributed by atoms with Gasteiger partial charge in [0.05, 0.1) is 10.9 Å². The smallest absolute Gasteiger partial charge is 0.251 e. The lowest BCUT2D eigenvalue weighted by Crippen LogP contribution is -2.40. The molecule has 0 bridgehead atoms. The van der Waals surface area contributed by atoms with E-state index in [0.29, 0.717) is 28.2 Å². The van der Waals surface area contributed by atoms with E-state index in [0.717, 1.165) is 36.6 Å². The SMILES string of the molecule is Cc1ccccc1C(=O)c1c[nH]c2ncnc(N[C@H]3CC[C@@H](NC(=O)c4ccc(C(C)(C)C)cc4)CC3)c12. The predicted molar refractivity (Wildman–Crippen MR) is 151 cm³/mol. The number of fused-ring (bicyclic) bond motifs is 1. The average Bonchev–Trinajstić information content (AvgIpc) is 3.35. The molecule has 5 rings (SSSR count). The lowest BCUT2D eigenvalue weighted by Gasteiger charge is -2.30. The molecule has 0 radical (unpaired) electrons. The number of aromatic nitrogens is 3. The largest absolute Gasteiger partial charge is 0.367 e. The van der Waals surface area contributed by atoms with Gasteiger partial charge in [-0.1, -0.05) is 57.2 Å². The van der Waals surface area contributed by atoms with Gasteiger partial charge in [-0.15, -0.1) is 0 Å². The zero-order valence-corrected chi connectivity index (χ0v) is 22.5. The van der Waals surface area contributed by atoms with E-state index < -0.39 is 0 Å². The number of aryl methyl sites for hydroxylation is 1. The van der Waals surface area contributed by atoms with Crippen LogP contribution in [0.1, 0.15) is 83.9 Å². The molecular formula is C31H35N5O2. The van der Waals surface area contributed by atoms with Gasteiger partial charge in [-0.05, 0) is 61.3 Å². The highest BCUT2D eigenvalue weighted by atomic mass is 16.1. The summed E-state index contributed by atoms with van der Waals surface area (Å²) < 4.78 is 0. The molecule has 0 atom stereocenters. The molecule has 7 heteroatoms. The van der Waals surface area contributed by atoms with Crippen molar-refractivity contribution in [2.75, 3.05) is 5.32 Å². The first kappa shape index (κ1) is 25.6. The number of hydrogen-bond acceptors (Lipinski definition) is 5. The number of amides is 1. The Kier molecular flexibility index (Phi) is 7.02. The quantitative estimate of drug-likeness (QED) is 0.279. The molecule has 0 spiro atoms. The number of carbonyl (C=O) groups is 2. The lowest BCUT2D eigenvalue weighted by atomic mass is 9.86. The first-order valence-corrected chi connectivity index (χ1v) is 13.3. The van der Waals surface area contributed by atoms with Crippen molar-refractivity contribution in [1.82, 2.24) is 20.3 Å². The zero-order valence-electron chi connectivity index (χ0n) is 22.5. The van der Waals surface area contributed by atoms with Crippen LogP contribution < -0.4 is 10.6 Å². The summed E-state index contributed by atoms with van der Waals surface area (Å²) in [4.78, 5) is 38.2. The molecule has 38 heavy (non-hydrogen) atoms. The van der Waals surface area contributed by atoms with Crippen molar-refractivity contribution >= 4 is 28.5 Å². The number of rotatable bonds is 6. The van der Waals surface area contributed by atoms with Crippen molar-refractivity contribution in [2.24, 2.45) is 0 Å². The van der Waals surface area contributed by atoms with Crippen molar-refractivity contribution < 1.29 is 9.59 Å². The summed E-state index contributed by atoms with van der Waals surface area (Å²) in [5.41, 5.74) is 4.78. The number of carbonyl (C=O) groups excluding carboxylic acids is 2. The molecule has 1 aliphatic rings. The van der Waals surface area contributed by atoms with Gasteiger partial charge in [0.1, 0.15) is 17.8 Å². The van der Waals surface area contributed by atoms with E-state index in [1.54, 1.807) is 6.20 Å². The number of aromatic amines is 1. The van der Waals surface area contributed by atoms with Crippen LogP contribution in [0, 0.1) is 6.92 Å². The molecule has 1 aliphatic carbocycles. The molecule has 7 nitrogen and oxygen atoms in total. The number of nitrogens with one attached hydrogen (secondary N) is 3. The van der Waals surface area contributed by atoms with E-state index in [2.05, 4.69) is 46.4 Å². The minimum absolute atomic E-state index is 0.0222. The first-order valence-electron chi connectivity index (χ1n) is 13.3. The third kappa shape index (κ3) is 5.32. The molecule has 2 aromatic heterocycles. The monoisotopic (exact) mass is 509 g/mol. The molecule has 196 valence electrons. The third-order valence-corrected chi connectivity index (χ3v) is 7.52. The van der Waals surface area contributed by atoms with Crippen molar-refractivity contribution in [2.45, 2.75) is 70.9 Å². The van der Waals surface area contributed by atoms with Gasteiger partial charge in [0, 0.05) is 29.4 Å². The van der Waals surface area contributed by atoms with Crippen LogP contribution >= 0.6 is 0 Å². The molecule has 1 fully saturated rings. The van der Waals surface area contributed by atoms with Gasteiger partial charge in [-0.2, -0.15) is 0 Å². The summed E-state index contributed by atoms with van der Waals surface area (Å²) in [6.45, 7) is 8.44. The summed E-state index contributed by atoms with van der Waals surface area (Å²) in [6.07, 6.45) is 6.77. The second-order valence-corrected chi connectivity index (χ2v) is 11.3. The molecule has 1 amide bonds. The maximum atomic E-state index is 13.4. The van der Waals surface area contributed by atoms with Gasteiger partial charge in [-0.25, -0.2) is 9.97 Å². The highest BCUT2D eigenvalue weighted by Gasteiger charge is 2.25. The summed E-state index contributed by atoms with van der Waals surface area (Å²) in [5, 5.41) is 7.49. The second kappa shape index (κ2) is 10.4. The van der Waals surface area contributed by atoms with Crippen LogP contribution in [-0.2, 0) is 5.41 Å². The minimum Gasteiger partial charge on any atom is -0.367 e. The molecule has 0 aliphatic heterocycles. The Hall–Kier alpha value is -4.00. The van der Waals surface area contributed by atoms with E-state index in [1.807, 2.05) is 55.5 Å². The first-order chi connectivity index (χ1) is 18.2. The number of H-pyrrole nitrogens is 1. The van der Waals surface area contributed by atoms with Crippen LogP contribution in [0.5, 0.6) is 0 Å². The van der Waals surface area contributed by atoms with E-state index in [-0.39, 0.29) is 29.2 Å². The zero-order chi connectivity index (χ0) is 26.9. The van der Waals surface area contributed by atoms with Crippen LogP contribution in [0.2, 0.25) is 0 Å². The molecular weight excluding hydrogens is 474 g/mol. The Labute approximate surface area is 223 Å². The maximum Gasteiger partial charge on any atom is 0.251 e. The Bertz CT molecular complexity index is 1460. The van der Waals surface area contributed by atoms with Gasteiger partial charge in [0.25, 0.3) is 5.91 Å². The van der Waals surface area contributed by atoms with Crippen molar-refractivity contribution in [3.05, 3.63) is 88.9 Å². The maximum absolute atomic E-state index is 13.4. The van der Waals surface area contributed by atoms with Crippen LogP contribution in [0.3, 0.4) is 0 Å². The average molecular weight is 510 g/mol. The summed E-state index contributed by atoms with van der Waals surface area (Å²) in [5.74, 6) is 0.597. The Morgan fingerprint density at radius 2 is 1.58 bits per heavy atom.